The van der Waals surface area contributed by atoms with Crippen molar-refractivity contribution in [2.24, 2.45) is 0 Å². The fourth-order valence-electron chi connectivity index (χ4n) is 0.203. The van der Waals surface area contributed by atoms with Crippen molar-refractivity contribution in [1.29, 1.82) is 0 Å². The van der Waals surface area contributed by atoms with E-state index in [0.29, 0.717) is 0 Å². The molecule has 0 aromatic rings. The summed E-state index contributed by atoms with van der Waals surface area (Å²) < 4.78 is 0. The van der Waals surface area contributed by atoms with E-state index in [9.17, 15) is 4.79 Å². The molecular weight excluding hydrogens is 194 g/mol. The first-order valence-corrected chi connectivity index (χ1v) is 2.19. The minimum absolute atomic E-state index is 0. The number of carbonyl (C=O) groups is 1. The Morgan fingerprint density at radius 3 is 2.00 bits per heavy atom. The molecule has 9 heavy (non-hydrogen) atoms. The van der Waals surface area contributed by atoms with Gasteiger partial charge in [0.2, 0.25) is 0 Å². The number of carbonyl (C=O) groups excluding carboxylic acids is 1. The molecular formula is C5H10BrMgNO. The zero-order valence-electron chi connectivity index (χ0n) is 5.78. The van der Waals surface area contributed by atoms with Gasteiger partial charge in [-0.15, -0.1) is 0 Å². The van der Waals surface area contributed by atoms with Crippen LogP contribution in [0, 0.1) is 6.92 Å². The maximum atomic E-state index is 10.2. The van der Waals surface area contributed by atoms with E-state index in [1.807, 2.05) is 0 Å². The molecule has 0 rings (SSSR count). The summed E-state index contributed by atoms with van der Waals surface area (Å²) >= 11 is 0. The number of hydrogen-bond donors (Lipinski definition) is 1. The molecule has 0 saturated carbocycles. The van der Waals surface area contributed by atoms with Crippen molar-refractivity contribution in [2.75, 3.05) is 7.05 Å². The van der Waals surface area contributed by atoms with Gasteiger partial charge in [0, 0.05) is 0 Å². The third-order valence-corrected chi connectivity index (χ3v) is 0.839. The van der Waals surface area contributed by atoms with Crippen LogP contribution in [0.4, 0.5) is 0 Å². The van der Waals surface area contributed by atoms with Crippen molar-refractivity contribution in [3.63, 3.8) is 0 Å². The second-order valence-electron chi connectivity index (χ2n) is 1.45. The van der Waals surface area contributed by atoms with Gasteiger partial charge in [-0.25, -0.2) is 0 Å². The number of halogens is 1. The van der Waals surface area contributed by atoms with Gasteiger partial charge >= 0.3 is 23.1 Å². The van der Waals surface area contributed by atoms with E-state index < -0.39 is 0 Å². The van der Waals surface area contributed by atoms with Crippen molar-refractivity contribution in [3.05, 3.63) is 6.92 Å². The molecule has 4 heteroatoms. The van der Waals surface area contributed by atoms with Crippen LogP contribution in [0.2, 0.25) is 0 Å². The molecule has 0 radical (unpaired) electrons. The zero-order valence-corrected chi connectivity index (χ0v) is 8.78. The van der Waals surface area contributed by atoms with Gasteiger partial charge in [0.15, 0.2) is 0 Å². The van der Waals surface area contributed by atoms with Crippen LogP contribution in [-0.4, -0.2) is 41.9 Å². The van der Waals surface area contributed by atoms with E-state index in [0.717, 1.165) is 0 Å². The molecule has 0 aliphatic rings. The van der Waals surface area contributed by atoms with Gasteiger partial charge in [-0.1, -0.05) is 6.04 Å². The third-order valence-electron chi connectivity index (χ3n) is 0.839. The Morgan fingerprint density at radius 2 is 2.00 bits per heavy atom. The van der Waals surface area contributed by atoms with Gasteiger partial charge in [-0.05, 0) is 14.0 Å². The predicted molar refractivity (Wildman–Crippen MR) is 34.6 cm³/mol. The maximum Gasteiger partial charge on any atom is 2.00 e. The normalized spacial score (nSPS) is 10.6. The first-order valence-electron chi connectivity index (χ1n) is 2.19. The van der Waals surface area contributed by atoms with Crippen molar-refractivity contribution in [3.8, 4) is 0 Å². The van der Waals surface area contributed by atoms with Crippen LogP contribution in [0.3, 0.4) is 0 Å². The number of Topliss-reactive ketones (excluding diaryl/α,β-unsaturated/α-hetero) is 1. The van der Waals surface area contributed by atoms with E-state index >= 15 is 0 Å². The Morgan fingerprint density at radius 1 is 1.67 bits per heavy atom. The molecule has 1 atom stereocenters. The molecule has 0 saturated heterocycles. The Kier molecular flexibility index (Phi) is 16.2. The fraction of sp³-hybridized carbons (Fsp3) is 0.600. The summed E-state index contributed by atoms with van der Waals surface area (Å²) in [5, 5.41) is 2.70. The second-order valence-corrected chi connectivity index (χ2v) is 1.45. The van der Waals surface area contributed by atoms with Crippen LogP contribution in [0.15, 0.2) is 0 Å². The third kappa shape index (κ3) is 8.88. The van der Waals surface area contributed by atoms with Crippen molar-refractivity contribution in [2.45, 2.75) is 13.0 Å². The first kappa shape index (κ1) is 16.5. The minimum atomic E-state index is -0.236. The van der Waals surface area contributed by atoms with E-state index in [1.165, 1.54) is 6.92 Å². The van der Waals surface area contributed by atoms with Crippen LogP contribution in [0.1, 0.15) is 6.92 Å². The molecule has 0 amide bonds. The van der Waals surface area contributed by atoms with Gasteiger partial charge < -0.3 is 34.0 Å². The largest absolute Gasteiger partial charge is 2.00 e. The summed E-state index contributed by atoms with van der Waals surface area (Å²) in [6.45, 7) is 5.00. The first-order chi connectivity index (χ1) is 3.18. The molecule has 50 valence electrons. The molecule has 2 nitrogen and oxygen atoms in total. The minimum Gasteiger partial charge on any atom is -1.00 e. The summed E-state index contributed by atoms with van der Waals surface area (Å²) in [4.78, 5) is 10.2. The maximum absolute atomic E-state index is 10.2. The van der Waals surface area contributed by atoms with E-state index in [2.05, 4.69) is 12.2 Å². The predicted octanol–water partition coefficient (Wildman–Crippen LogP) is -3.38. The molecule has 0 unspecified atom stereocenters. The van der Waals surface area contributed by atoms with Crippen LogP contribution in [0.25, 0.3) is 0 Å². The van der Waals surface area contributed by atoms with Crippen LogP contribution in [-0.2, 0) is 4.79 Å². The van der Waals surface area contributed by atoms with Crippen LogP contribution >= 0.6 is 0 Å². The monoisotopic (exact) mass is 203 g/mol. The van der Waals surface area contributed by atoms with Crippen molar-refractivity contribution in [1.82, 2.24) is 5.32 Å². The molecule has 0 fully saturated rings. The Labute approximate surface area is 82.7 Å². The topological polar surface area (TPSA) is 29.1 Å². The molecule has 1 N–H and O–H groups in total. The average Bonchev–Trinajstić information content (AvgIpc) is 1.65. The van der Waals surface area contributed by atoms with Gasteiger partial charge in [0.25, 0.3) is 0 Å². The number of nitrogens with one attached hydrogen (secondary N) is 1. The Bertz CT molecular complexity index is 79.4. The van der Waals surface area contributed by atoms with Crippen molar-refractivity contribution >= 4 is 28.8 Å². The molecule has 0 aromatic carbocycles. The summed E-state index contributed by atoms with van der Waals surface area (Å²) in [5.41, 5.74) is 0. The van der Waals surface area contributed by atoms with Gasteiger partial charge in [0.05, 0.1) is 0 Å². The smallest absolute Gasteiger partial charge is 1.00 e. The van der Waals surface area contributed by atoms with Crippen molar-refractivity contribution < 1.29 is 21.8 Å². The fourth-order valence-corrected chi connectivity index (χ4v) is 0.203. The molecule has 0 aliphatic carbocycles. The summed E-state index contributed by atoms with van der Waals surface area (Å²) in [6, 6.07) is -0.236. The Balaban J connectivity index is -0.000000180. The number of rotatable bonds is 2. The molecule has 0 spiro atoms. The summed E-state index contributed by atoms with van der Waals surface area (Å²) in [5.74, 6) is 0.0718. The molecule has 0 aromatic heterocycles. The van der Waals surface area contributed by atoms with E-state index in [-0.39, 0.29) is 51.9 Å². The Hall–Kier alpha value is 0.876. The van der Waals surface area contributed by atoms with E-state index in [4.69, 9.17) is 0 Å². The number of hydrogen-bond acceptors (Lipinski definition) is 2. The van der Waals surface area contributed by atoms with Crippen LogP contribution in [0.5, 0.6) is 0 Å². The van der Waals surface area contributed by atoms with Crippen LogP contribution < -0.4 is 22.3 Å². The quantitative estimate of drug-likeness (QED) is 0.376. The van der Waals surface area contributed by atoms with Gasteiger partial charge in [-0.3, -0.25) is 0 Å². The zero-order chi connectivity index (χ0) is 5.86. The number of likely N-dealkylation sites (N-methyl/N-ethyl adjacent to an activating group) is 1. The standard InChI is InChI=1S/C5H10NO.BrH.Mg/c1-4(6-3)5(2)7;;/h4,6H,1H2,2-3H3;1H;/q-1;;+2/p-1/t4-;;/m0../s1. The van der Waals surface area contributed by atoms with Gasteiger partial charge in [0.1, 0.15) is 5.78 Å². The summed E-state index contributed by atoms with van der Waals surface area (Å²) in [7, 11) is 1.71. The molecule has 0 heterocycles. The SMILES string of the molecule is [Br-].[CH2-][C@H](NC)C(C)=O.[Mg+2]. The molecule has 0 bridgehead atoms. The summed E-state index contributed by atoms with van der Waals surface area (Å²) in [6.07, 6.45) is 0. The average molecular weight is 204 g/mol. The van der Waals surface area contributed by atoms with Gasteiger partial charge in [-0.2, -0.15) is 0 Å². The second kappa shape index (κ2) is 8.88. The molecule has 0 aliphatic heterocycles. The van der Waals surface area contributed by atoms with E-state index in [1.54, 1.807) is 7.05 Å². The number of ketones is 1.